The summed E-state index contributed by atoms with van der Waals surface area (Å²) >= 11 is 0. The number of carbonyl (C=O) groups is 1. The van der Waals surface area contributed by atoms with E-state index in [4.69, 9.17) is 0 Å². The Hall–Kier alpha value is -2.22. The second kappa shape index (κ2) is 11.5. The lowest BCUT2D eigenvalue weighted by molar-refractivity contribution is 0.0761. The van der Waals surface area contributed by atoms with Crippen LogP contribution in [0.15, 0.2) is 59.5 Å². The van der Waals surface area contributed by atoms with Crippen LogP contribution in [0.1, 0.15) is 54.9 Å². The van der Waals surface area contributed by atoms with E-state index in [1.54, 1.807) is 28.6 Å². The van der Waals surface area contributed by atoms with E-state index in [9.17, 15) is 13.2 Å². The van der Waals surface area contributed by atoms with Crippen LogP contribution in [0.3, 0.4) is 0 Å². The fourth-order valence-corrected chi connectivity index (χ4v) is 6.83. The topological polar surface area (TPSA) is 60.9 Å². The number of amides is 1. The first-order valence-electron chi connectivity index (χ1n) is 12.6. The quantitative estimate of drug-likeness (QED) is 0.597. The second-order valence-corrected chi connectivity index (χ2v) is 11.5. The maximum absolute atomic E-state index is 13.3. The first-order valence-corrected chi connectivity index (χ1v) is 14.1. The molecule has 0 saturated carbocycles. The van der Waals surface area contributed by atoms with Crippen LogP contribution in [0.5, 0.6) is 0 Å². The average Bonchev–Trinajstić information content (AvgIpc) is 3.10. The summed E-state index contributed by atoms with van der Waals surface area (Å²) in [5.41, 5.74) is 1.83. The molecule has 0 bridgehead atoms. The Labute approximate surface area is 204 Å². The second-order valence-electron chi connectivity index (χ2n) is 9.56. The van der Waals surface area contributed by atoms with E-state index in [1.807, 2.05) is 17.9 Å². The zero-order valence-electron chi connectivity index (χ0n) is 20.2. The van der Waals surface area contributed by atoms with E-state index in [0.29, 0.717) is 25.2 Å². The molecule has 7 heteroatoms. The molecule has 1 amide bonds. The number of carbonyl (C=O) groups excluding carboxylic acids is 1. The zero-order valence-corrected chi connectivity index (χ0v) is 21.0. The third-order valence-electron chi connectivity index (χ3n) is 7.09. The molecule has 1 atom stereocenters. The Balaban J connectivity index is 1.35. The molecule has 1 unspecified atom stereocenters. The van der Waals surface area contributed by atoms with Gasteiger partial charge >= 0.3 is 0 Å². The van der Waals surface area contributed by atoms with Crippen LogP contribution < -0.4 is 0 Å². The Morgan fingerprint density at radius 3 is 2.53 bits per heavy atom. The lowest BCUT2D eigenvalue weighted by atomic mass is 10.1. The van der Waals surface area contributed by atoms with Gasteiger partial charge in [0.15, 0.2) is 0 Å². The van der Waals surface area contributed by atoms with Crippen molar-refractivity contribution in [3.8, 4) is 0 Å². The third kappa shape index (κ3) is 6.06. The SMILES string of the molecule is CC1CCCCN1S(=O)(=O)c1cccc(C(=O)N2CCCN(CCCc3ccccc3)CC2)c1. The Kier molecular flexibility index (Phi) is 8.40. The molecule has 0 radical (unpaired) electrons. The van der Waals surface area contributed by atoms with Crippen molar-refractivity contribution in [3.05, 3.63) is 65.7 Å². The molecule has 0 spiro atoms. The molecule has 6 nitrogen and oxygen atoms in total. The normalized spacial score (nSPS) is 20.7. The summed E-state index contributed by atoms with van der Waals surface area (Å²) in [6.45, 7) is 6.75. The maximum Gasteiger partial charge on any atom is 0.253 e. The van der Waals surface area contributed by atoms with Gasteiger partial charge in [-0.2, -0.15) is 4.31 Å². The van der Waals surface area contributed by atoms with Gasteiger partial charge in [0.25, 0.3) is 5.91 Å². The van der Waals surface area contributed by atoms with E-state index < -0.39 is 10.0 Å². The lowest BCUT2D eigenvalue weighted by Crippen LogP contribution is -2.42. The van der Waals surface area contributed by atoms with Gasteiger partial charge in [-0.05, 0) is 75.9 Å². The van der Waals surface area contributed by atoms with Crippen molar-refractivity contribution in [3.63, 3.8) is 0 Å². The van der Waals surface area contributed by atoms with Gasteiger partial charge in [0, 0.05) is 37.8 Å². The monoisotopic (exact) mass is 483 g/mol. The lowest BCUT2D eigenvalue weighted by Gasteiger charge is -2.32. The predicted molar refractivity (Wildman–Crippen MR) is 135 cm³/mol. The van der Waals surface area contributed by atoms with Gasteiger partial charge in [0.1, 0.15) is 0 Å². The largest absolute Gasteiger partial charge is 0.337 e. The number of aryl methyl sites for hydroxylation is 1. The first-order chi connectivity index (χ1) is 16.4. The van der Waals surface area contributed by atoms with Crippen molar-refractivity contribution < 1.29 is 13.2 Å². The van der Waals surface area contributed by atoms with Crippen molar-refractivity contribution in [2.24, 2.45) is 0 Å². The molecule has 0 N–H and O–H groups in total. The van der Waals surface area contributed by atoms with Gasteiger partial charge in [0.2, 0.25) is 10.0 Å². The summed E-state index contributed by atoms with van der Waals surface area (Å²) in [4.78, 5) is 17.8. The molecule has 2 saturated heterocycles. The molecule has 2 fully saturated rings. The highest BCUT2D eigenvalue weighted by atomic mass is 32.2. The van der Waals surface area contributed by atoms with E-state index in [1.165, 1.54) is 5.56 Å². The molecular weight excluding hydrogens is 446 g/mol. The number of hydrogen-bond donors (Lipinski definition) is 0. The summed E-state index contributed by atoms with van der Waals surface area (Å²) < 4.78 is 28.1. The summed E-state index contributed by atoms with van der Waals surface area (Å²) in [7, 11) is -3.59. The van der Waals surface area contributed by atoms with Crippen LogP contribution in [0.2, 0.25) is 0 Å². The smallest absolute Gasteiger partial charge is 0.253 e. The van der Waals surface area contributed by atoms with Gasteiger partial charge in [-0.15, -0.1) is 0 Å². The van der Waals surface area contributed by atoms with Crippen LogP contribution in [0, 0.1) is 0 Å². The van der Waals surface area contributed by atoms with Crippen LogP contribution >= 0.6 is 0 Å². The standard InChI is InChI=1S/C27H37N3O3S/c1-23-10-5-6-19-30(23)34(32,33)26-15-7-14-25(22-26)27(31)29-18-9-17-28(20-21-29)16-8-13-24-11-3-2-4-12-24/h2-4,7,11-12,14-15,22-23H,5-6,8-10,13,16-21H2,1H3. The maximum atomic E-state index is 13.3. The summed E-state index contributed by atoms with van der Waals surface area (Å²) in [6, 6.07) is 17.2. The van der Waals surface area contributed by atoms with Crippen LogP contribution in [-0.2, 0) is 16.4 Å². The summed E-state index contributed by atoms with van der Waals surface area (Å²) in [5.74, 6) is -0.0742. The molecule has 184 valence electrons. The number of sulfonamides is 1. The zero-order chi connectivity index (χ0) is 24.0. The molecule has 0 aromatic heterocycles. The highest BCUT2D eigenvalue weighted by Gasteiger charge is 2.31. The van der Waals surface area contributed by atoms with Gasteiger partial charge in [-0.1, -0.05) is 42.8 Å². The molecule has 2 aliphatic rings. The molecule has 4 rings (SSSR count). The number of benzene rings is 2. The van der Waals surface area contributed by atoms with Gasteiger partial charge < -0.3 is 9.80 Å². The highest BCUT2D eigenvalue weighted by molar-refractivity contribution is 7.89. The Morgan fingerprint density at radius 1 is 0.912 bits per heavy atom. The fraction of sp³-hybridized carbons (Fsp3) is 0.519. The highest BCUT2D eigenvalue weighted by Crippen LogP contribution is 2.26. The fourth-order valence-electron chi connectivity index (χ4n) is 5.09. The third-order valence-corrected chi connectivity index (χ3v) is 9.10. The number of rotatable bonds is 7. The molecule has 0 aliphatic carbocycles. The molecule has 34 heavy (non-hydrogen) atoms. The molecule has 2 aliphatic heterocycles. The van der Waals surface area contributed by atoms with Crippen LogP contribution in [-0.4, -0.2) is 73.7 Å². The number of nitrogens with zero attached hydrogens (tertiary/aromatic N) is 3. The van der Waals surface area contributed by atoms with Crippen molar-refractivity contribution in [1.29, 1.82) is 0 Å². The molecule has 2 aromatic rings. The molecular formula is C27H37N3O3S. The Bertz CT molecular complexity index is 1060. The van der Waals surface area contributed by atoms with Crippen molar-refractivity contribution in [1.82, 2.24) is 14.1 Å². The van der Waals surface area contributed by atoms with Gasteiger partial charge in [0.05, 0.1) is 4.90 Å². The minimum absolute atomic E-state index is 0.00316. The van der Waals surface area contributed by atoms with Crippen molar-refractivity contribution >= 4 is 15.9 Å². The minimum atomic E-state index is -3.59. The molecule has 2 aromatic carbocycles. The van der Waals surface area contributed by atoms with E-state index in [0.717, 1.165) is 58.2 Å². The molecule has 2 heterocycles. The average molecular weight is 484 g/mol. The van der Waals surface area contributed by atoms with Crippen LogP contribution in [0.25, 0.3) is 0 Å². The van der Waals surface area contributed by atoms with E-state index >= 15 is 0 Å². The number of hydrogen-bond acceptors (Lipinski definition) is 4. The predicted octanol–water partition coefficient (Wildman–Crippen LogP) is 4.03. The van der Waals surface area contributed by atoms with Crippen molar-refractivity contribution in [2.75, 3.05) is 39.3 Å². The summed E-state index contributed by atoms with van der Waals surface area (Å²) in [5, 5.41) is 0. The van der Waals surface area contributed by atoms with E-state index in [-0.39, 0.29) is 16.8 Å². The van der Waals surface area contributed by atoms with Crippen LogP contribution in [0.4, 0.5) is 0 Å². The minimum Gasteiger partial charge on any atom is -0.337 e. The number of piperidine rings is 1. The van der Waals surface area contributed by atoms with Gasteiger partial charge in [-0.3, -0.25) is 4.79 Å². The summed E-state index contributed by atoms with van der Waals surface area (Å²) in [6.07, 6.45) is 5.93. The van der Waals surface area contributed by atoms with Gasteiger partial charge in [-0.25, -0.2) is 8.42 Å². The first kappa shape index (κ1) is 24.9. The van der Waals surface area contributed by atoms with Crippen molar-refractivity contribution in [2.45, 2.75) is 56.4 Å². The Morgan fingerprint density at radius 2 is 1.74 bits per heavy atom. The van der Waals surface area contributed by atoms with E-state index in [2.05, 4.69) is 29.2 Å².